The Morgan fingerprint density at radius 3 is 2.68 bits per heavy atom. The number of hydrogen-bond donors (Lipinski definition) is 1. The summed E-state index contributed by atoms with van der Waals surface area (Å²) in [6.45, 7) is 3.59. The van der Waals surface area contributed by atoms with E-state index >= 15 is 0 Å². The summed E-state index contributed by atoms with van der Waals surface area (Å²) in [6, 6.07) is 2.91. The molecule has 0 bridgehead atoms. The average Bonchev–Trinajstić information content (AvgIpc) is 2.39. The fourth-order valence-electron chi connectivity index (χ4n) is 1.71. The summed E-state index contributed by atoms with van der Waals surface area (Å²) in [4.78, 5) is 13.9. The van der Waals surface area contributed by atoms with Gasteiger partial charge in [0.15, 0.2) is 0 Å². The second-order valence-corrected chi connectivity index (χ2v) is 5.70. The van der Waals surface area contributed by atoms with Gasteiger partial charge < -0.3 is 10.6 Å². The van der Waals surface area contributed by atoms with E-state index in [9.17, 15) is 9.18 Å². The molecule has 0 saturated carbocycles. The minimum absolute atomic E-state index is 0.116. The summed E-state index contributed by atoms with van der Waals surface area (Å²) >= 11 is 1.74. The number of benzene rings is 1. The number of carbonyl (C=O) groups excluding carboxylic acids is 1. The highest BCUT2D eigenvalue weighted by molar-refractivity contribution is 7.98. The standard InChI is InChI=1S/C14H21FN2OS/c1-9(5-6-19-4)17(3)14(18)11-7-12(15)10(2)13(16)8-11/h7-9H,5-6,16H2,1-4H3. The molecule has 1 amide bonds. The van der Waals surface area contributed by atoms with Crippen LogP contribution in [0.1, 0.15) is 29.3 Å². The molecule has 0 saturated heterocycles. The third-order valence-corrected chi connectivity index (χ3v) is 4.00. The second kappa shape index (κ2) is 6.80. The SMILES string of the molecule is CSCCC(C)N(C)C(=O)c1cc(N)c(C)c(F)c1. The van der Waals surface area contributed by atoms with Crippen LogP contribution in [0.5, 0.6) is 0 Å². The van der Waals surface area contributed by atoms with Crippen LogP contribution >= 0.6 is 11.8 Å². The van der Waals surface area contributed by atoms with Crippen molar-refractivity contribution in [2.24, 2.45) is 0 Å². The number of hydrogen-bond acceptors (Lipinski definition) is 3. The molecule has 0 aliphatic rings. The molecule has 0 fully saturated rings. The van der Waals surface area contributed by atoms with Crippen molar-refractivity contribution in [2.45, 2.75) is 26.3 Å². The Balaban J connectivity index is 2.88. The van der Waals surface area contributed by atoms with Gasteiger partial charge in [-0.1, -0.05) is 0 Å². The van der Waals surface area contributed by atoms with Crippen molar-refractivity contribution in [3.05, 3.63) is 29.1 Å². The molecule has 0 heterocycles. The lowest BCUT2D eigenvalue weighted by Crippen LogP contribution is -2.35. The van der Waals surface area contributed by atoms with Gasteiger partial charge in [-0.25, -0.2) is 4.39 Å². The summed E-state index contributed by atoms with van der Waals surface area (Å²) in [5.74, 6) is 0.358. The maximum Gasteiger partial charge on any atom is 0.254 e. The van der Waals surface area contributed by atoms with Crippen molar-refractivity contribution in [3.8, 4) is 0 Å². The number of nitrogen functional groups attached to an aromatic ring is 1. The van der Waals surface area contributed by atoms with Crippen LogP contribution in [-0.2, 0) is 0 Å². The molecule has 1 rings (SSSR count). The van der Waals surface area contributed by atoms with Gasteiger partial charge in [-0.3, -0.25) is 4.79 Å². The topological polar surface area (TPSA) is 46.3 Å². The van der Waals surface area contributed by atoms with Crippen molar-refractivity contribution in [1.82, 2.24) is 4.90 Å². The van der Waals surface area contributed by atoms with Gasteiger partial charge in [0.1, 0.15) is 5.82 Å². The van der Waals surface area contributed by atoms with Crippen molar-refractivity contribution >= 4 is 23.4 Å². The maximum absolute atomic E-state index is 13.6. The predicted octanol–water partition coefficient (Wildman–Crippen LogP) is 2.93. The van der Waals surface area contributed by atoms with Crippen molar-refractivity contribution in [1.29, 1.82) is 0 Å². The highest BCUT2D eigenvalue weighted by atomic mass is 32.2. The first-order chi connectivity index (χ1) is 8.88. The van der Waals surface area contributed by atoms with E-state index in [1.54, 1.807) is 36.7 Å². The number of rotatable bonds is 5. The number of carbonyl (C=O) groups is 1. The zero-order chi connectivity index (χ0) is 14.6. The normalized spacial score (nSPS) is 12.3. The first-order valence-corrected chi connectivity index (χ1v) is 7.59. The highest BCUT2D eigenvalue weighted by Gasteiger charge is 2.19. The van der Waals surface area contributed by atoms with Crippen molar-refractivity contribution in [3.63, 3.8) is 0 Å². The van der Waals surface area contributed by atoms with E-state index in [2.05, 4.69) is 0 Å². The van der Waals surface area contributed by atoms with E-state index in [4.69, 9.17) is 5.73 Å². The molecule has 0 aliphatic heterocycles. The Bertz CT molecular complexity index is 442. The van der Waals surface area contributed by atoms with Gasteiger partial charge in [-0.15, -0.1) is 0 Å². The minimum Gasteiger partial charge on any atom is -0.398 e. The molecule has 0 spiro atoms. The predicted molar refractivity (Wildman–Crippen MR) is 80.1 cm³/mol. The monoisotopic (exact) mass is 284 g/mol. The zero-order valence-corrected chi connectivity index (χ0v) is 12.7. The first-order valence-electron chi connectivity index (χ1n) is 6.20. The highest BCUT2D eigenvalue weighted by Crippen LogP contribution is 2.19. The zero-order valence-electron chi connectivity index (χ0n) is 11.9. The minimum atomic E-state index is -0.437. The molecule has 1 atom stereocenters. The number of nitrogens with zero attached hydrogens (tertiary/aromatic N) is 1. The van der Waals surface area contributed by atoms with Crippen LogP contribution in [0.3, 0.4) is 0 Å². The molecule has 0 aromatic heterocycles. The summed E-state index contributed by atoms with van der Waals surface area (Å²) in [6.07, 6.45) is 2.94. The molecule has 0 radical (unpaired) electrons. The lowest BCUT2D eigenvalue weighted by Gasteiger charge is -2.25. The quantitative estimate of drug-likeness (QED) is 0.846. The molecule has 106 valence electrons. The molecule has 5 heteroatoms. The number of anilines is 1. The van der Waals surface area contributed by atoms with E-state index in [1.807, 2.05) is 13.2 Å². The Hall–Kier alpha value is -1.23. The smallest absolute Gasteiger partial charge is 0.254 e. The van der Waals surface area contributed by atoms with Gasteiger partial charge in [-0.05, 0) is 44.4 Å². The van der Waals surface area contributed by atoms with Gasteiger partial charge >= 0.3 is 0 Å². The van der Waals surface area contributed by atoms with Crippen molar-refractivity contribution < 1.29 is 9.18 Å². The Morgan fingerprint density at radius 1 is 1.53 bits per heavy atom. The van der Waals surface area contributed by atoms with Gasteiger partial charge in [-0.2, -0.15) is 11.8 Å². The van der Waals surface area contributed by atoms with Crippen LogP contribution in [0.25, 0.3) is 0 Å². The molecule has 3 nitrogen and oxygen atoms in total. The molecule has 1 unspecified atom stereocenters. The lowest BCUT2D eigenvalue weighted by molar-refractivity contribution is 0.0741. The fraction of sp³-hybridized carbons (Fsp3) is 0.500. The maximum atomic E-state index is 13.6. The Kier molecular flexibility index (Phi) is 5.66. The van der Waals surface area contributed by atoms with Crippen LogP contribution < -0.4 is 5.73 Å². The molecule has 0 aliphatic carbocycles. The van der Waals surface area contributed by atoms with Crippen LogP contribution in [0, 0.1) is 12.7 Å². The Labute approximate surface area is 118 Å². The molecule has 19 heavy (non-hydrogen) atoms. The molecular weight excluding hydrogens is 263 g/mol. The van der Waals surface area contributed by atoms with Gasteiger partial charge in [0.25, 0.3) is 5.91 Å². The fourth-order valence-corrected chi connectivity index (χ4v) is 2.29. The van der Waals surface area contributed by atoms with Crippen LogP contribution in [0.2, 0.25) is 0 Å². The first kappa shape index (κ1) is 15.8. The summed E-state index contributed by atoms with van der Waals surface area (Å²) in [7, 11) is 1.74. The average molecular weight is 284 g/mol. The van der Waals surface area contributed by atoms with Gasteiger partial charge in [0, 0.05) is 29.9 Å². The molecule has 1 aromatic carbocycles. The number of amides is 1. The molecule has 2 N–H and O–H groups in total. The van der Waals surface area contributed by atoms with Crippen LogP contribution in [0.15, 0.2) is 12.1 Å². The van der Waals surface area contributed by atoms with Gasteiger partial charge in [0.2, 0.25) is 0 Å². The Morgan fingerprint density at radius 2 is 2.16 bits per heavy atom. The third kappa shape index (κ3) is 3.86. The summed E-state index contributed by atoms with van der Waals surface area (Å²) in [5, 5.41) is 0. The third-order valence-electron chi connectivity index (χ3n) is 3.35. The van der Waals surface area contributed by atoms with E-state index < -0.39 is 5.82 Å². The van der Waals surface area contributed by atoms with E-state index in [-0.39, 0.29) is 11.9 Å². The number of thioether (sulfide) groups is 1. The summed E-state index contributed by atoms with van der Waals surface area (Å²) in [5.41, 5.74) is 6.70. The summed E-state index contributed by atoms with van der Waals surface area (Å²) < 4.78 is 13.6. The van der Waals surface area contributed by atoms with E-state index in [0.717, 1.165) is 12.2 Å². The van der Waals surface area contributed by atoms with E-state index in [0.29, 0.717) is 16.8 Å². The number of nitrogens with two attached hydrogens (primary N) is 1. The van der Waals surface area contributed by atoms with E-state index in [1.165, 1.54) is 6.07 Å². The molecular formula is C14H21FN2OS. The number of halogens is 1. The second-order valence-electron chi connectivity index (χ2n) is 4.72. The largest absolute Gasteiger partial charge is 0.398 e. The van der Waals surface area contributed by atoms with Crippen LogP contribution in [0.4, 0.5) is 10.1 Å². The van der Waals surface area contributed by atoms with Gasteiger partial charge in [0.05, 0.1) is 0 Å². The van der Waals surface area contributed by atoms with Crippen LogP contribution in [-0.4, -0.2) is 35.9 Å². The molecule has 1 aromatic rings. The van der Waals surface area contributed by atoms with Crippen molar-refractivity contribution in [2.75, 3.05) is 24.8 Å². The lowest BCUT2D eigenvalue weighted by atomic mass is 10.1.